The van der Waals surface area contributed by atoms with E-state index in [9.17, 15) is 54.6 Å². The Balaban J connectivity index is 2.88. The number of carbonyl (C=O) groups excluding carboxylic acids is 4. The number of ketones is 3. The summed E-state index contributed by atoms with van der Waals surface area (Å²) in [6.45, 7) is 4.96. The first-order chi connectivity index (χ1) is 34.8. The second-order valence-electron chi connectivity index (χ2n) is 20.9. The number of hydrogen-bond donors (Lipinski definition) is 9. The standard InChI is InChI=1S/C56H105N3O13/c1-4-7-10-13-16-19-22-25-28-31-43(61)36-46(64)39-57-49(55(69)70)34-35-51(67)72-56-53(59-41-48(66)38-45(63)33-30-27-24-21-18-15-12-9-6-3)52(54(68)50(42-60)71-56)58-40-47(65)37-44(62)32-29-26-23-20-17-14-11-8-5-2/h43-45,49-50,52-54,56-63,68H,4-42H2,1-3H3,(H,69,70)/t43-,44-,45-,49+,50-,52-,53-,54-,56?/m1/s1. The molecular formula is C56H105N3O13. The van der Waals surface area contributed by atoms with Gasteiger partial charge in [0.25, 0.3) is 0 Å². The molecule has 0 bridgehead atoms. The van der Waals surface area contributed by atoms with Crippen LogP contribution in [0, 0.1) is 0 Å². The zero-order valence-electron chi connectivity index (χ0n) is 45.3. The zero-order chi connectivity index (χ0) is 53.2. The van der Waals surface area contributed by atoms with Crippen molar-refractivity contribution < 1.29 is 64.1 Å². The molecule has 0 saturated carbocycles. The molecule has 0 amide bonds. The van der Waals surface area contributed by atoms with Gasteiger partial charge in [-0.3, -0.25) is 29.3 Å². The molecule has 16 heteroatoms. The van der Waals surface area contributed by atoms with Gasteiger partial charge in [-0.25, -0.2) is 0 Å². The van der Waals surface area contributed by atoms with Crippen molar-refractivity contribution in [1.29, 1.82) is 0 Å². The minimum absolute atomic E-state index is 0.120. The van der Waals surface area contributed by atoms with Crippen LogP contribution in [0.3, 0.4) is 0 Å². The van der Waals surface area contributed by atoms with Gasteiger partial charge in [0.15, 0.2) is 0 Å². The van der Waals surface area contributed by atoms with E-state index < -0.39 is 79.9 Å². The molecule has 1 fully saturated rings. The van der Waals surface area contributed by atoms with Crippen LogP contribution in [0.1, 0.15) is 245 Å². The molecule has 0 spiro atoms. The molecule has 1 unspecified atom stereocenters. The summed E-state index contributed by atoms with van der Waals surface area (Å²) in [7, 11) is 0. The summed E-state index contributed by atoms with van der Waals surface area (Å²) in [5, 5.41) is 72.0. The van der Waals surface area contributed by atoms with Gasteiger partial charge in [-0.15, -0.1) is 0 Å². The average molecular weight is 1030 g/mol. The maximum Gasteiger partial charge on any atom is 0.320 e. The fourth-order valence-corrected chi connectivity index (χ4v) is 9.52. The van der Waals surface area contributed by atoms with Gasteiger partial charge in [0.2, 0.25) is 6.29 Å². The van der Waals surface area contributed by atoms with Gasteiger partial charge in [-0.2, -0.15) is 0 Å². The third-order valence-corrected chi connectivity index (χ3v) is 14.0. The fourth-order valence-electron chi connectivity index (χ4n) is 9.52. The van der Waals surface area contributed by atoms with E-state index >= 15 is 0 Å². The quantitative estimate of drug-likeness (QED) is 0.0206. The molecule has 72 heavy (non-hydrogen) atoms. The van der Waals surface area contributed by atoms with Crippen LogP contribution in [0.15, 0.2) is 0 Å². The fraction of sp³-hybridized carbons (Fsp3) is 0.911. The lowest BCUT2D eigenvalue weighted by molar-refractivity contribution is -0.245. The van der Waals surface area contributed by atoms with Crippen LogP contribution in [0.2, 0.25) is 0 Å². The van der Waals surface area contributed by atoms with Crippen molar-refractivity contribution >= 4 is 29.3 Å². The van der Waals surface area contributed by atoms with E-state index in [0.717, 1.165) is 77.0 Å². The highest BCUT2D eigenvalue weighted by atomic mass is 16.7. The third kappa shape index (κ3) is 35.0. The number of hydrogen-bond acceptors (Lipinski definition) is 15. The summed E-state index contributed by atoms with van der Waals surface area (Å²) >= 11 is 0. The Labute approximate surface area is 434 Å². The monoisotopic (exact) mass is 1030 g/mol. The van der Waals surface area contributed by atoms with Crippen molar-refractivity contribution in [2.75, 3.05) is 26.2 Å². The minimum Gasteiger partial charge on any atom is -0.480 e. The van der Waals surface area contributed by atoms with E-state index in [4.69, 9.17) is 9.47 Å². The van der Waals surface area contributed by atoms with Crippen molar-refractivity contribution in [1.82, 2.24) is 16.0 Å². The number of carboxylic acid groups (broad SMARTS) is 1. The van der Waals surface area contributed by atoms with E-state index in [-0.39, 0.29) is 62.7 Å². The molecule has 1 rings (SSSR count). The molecule has 1 aliphatic rings. The second kappa shape index (κ2) is 44.8. The molecule has 16 nitrogen and oxygen atoms in total. The Morgan fingerprint density at radius 1 is 0.500 bits per heavy atom. The lowest BCUT2D eigenvalue weighted by Crippen LogP contribution is -2.69. The number of carboxylic acids is 1. The van der Waals surface area contributed by atoms with Crippen molar-refractivity contribution in [3.8, 4) is 0 Å². The summed E-state index contributed by atoms with van der Waals surface area (Å²) in [5.74, 6) is -3.24. The molecule has 1 saturated heterocycles. The maximum atomic E-state index is 13.4. The van der Waals surface area contributed by atoms with Crippen LogP contribution < -0.4 is 16.0 Å². The third-order valence-electron chi connectivity index (χ3n) is 14.0. The minimum atomic E-state index is -1.52. The number of aliphatic hydroxyl groups excluding tert-OH is 5. The van der Waals surface area contributed by atoms with Gasteiger partial charge in [0, 0.05) is 25.7 Å². The van der Waals surface area contributed by atoms with Crippen molar-refractivity contribution in [2.24, 2.45) is 0 Å². The van der Waals surface area contributed by atoms with E-state index in [1.54, 1.807) is 0 Å². The smallest absolute Gasteiger partial charge is 0.320 e. The number of esters is 1. The predicted octanol–water partition coefficient (Wildman–Crippen LogP) is 8.07. The molecule has 1 heterocycles. The highest BCUT2D eigenvalue weighted by Gasteiger charge is 2.47. The Hall–Kier alpha value is -2.41. The largest absolute Gasteiger partial charge is 0.480 e. The summed E-state index contributed by atoms with van der Waals surface area (Å²) in [4.78, 5) is 64.6. The van der Waals surface area contributed by atoms with E-state index in [1.807, 2.05) is 0 Å². The number of Topliss-reactive ketones (excluding diaryl/α,β-unsaturated/α-hetero) is 3. The predicted molar refractivity (Wildman–Crippen MR) is 283 cm³/mol. The first-order valence-electron chi connectivity index (χ1n) is 28.9. The number of ether oxygens (including phenoxy) is 2. The van der Waals surface area contributed by atoms with Crippen LogP contribution in [0.4, 0.5) is 0 Å². The average Bonchev–Trinajstić information content (AvgIpc) is 3.34. The molecular weight excluding hydrogens is 923 g/mol. The van der Waals surface area contributed by atoms with Crippen LogP contribution in [0.5, 0.6) is 0 Å². The normalized spacial score (nSPS) is 19.7. The summed E-state index contributed by atoms with van der Waals surface area (Å²) in [6, 6.07) is -3.57. The number of rotatable bonds is 51. The second-order valence-corrected chi connectivity index (χ2v) is 20.9. The van der Waals surface area contributed by atoms with Gasteiger partial charge >= 0.3 is 11.9 Å². The molecule has 9 N–H and O–H groups in total. The van der Waals surface area contributed by atoms with Crippen LogP contribution in [0.25, 0.3) is 0 Å². The molecule has 422 valence electrons. The van der Waals surface area contributed by atoms with Gasteiger partial charge < -0.3 is 50.7 Å². The topological polar surface area (TPSA) is 261 Å². The molecule has 0 aliphatic carbocycles. The maximum absolute atomic E-state index is 13.4. The lowest BCUT2D eigenvalue weighted by atomic mass is 9.93. The highest BCUT2D eigenvalue weighted by Crippen LogP contribution is 2.24. The van der Waals surface area contributed by atoms with Crippen LogP contribution in [-0.4, -0.2) is 141 Å². The van der Waals surface area contributed by atoms with Crippen molar-refractivity contribution in [3.63, 3.8) is 0 Å². The van der Waals surface area contributed by atoms with Gasteiger partial charge in [-0.05, 0) is 25.7 Å². The number of aliphatic hydroxyl groups is 5. The van der Waals surface area contributed by atoms with Crippen LogP contribution in [-0.2, 0) is 33.4 Å². The van der Waals surface area contributed by atoms with Gasteiger partial charge in [-0.1, -0.05) is 194 Å². The summed E-state index contributed by atoms with van der Waals surface area (Å²) < 4.78 is 11.6. The molecule has 0 radical (unpaired) electrons. The molecule has 9 atom stereocenters. The molecule has 1 aliphatic heterocycles. The van der Waals surface area contributed by atoms with Gasteiger partial charge in [0.1, 0.15) is 29.5 Å². The molecule has 0 aromatic carbocycles. The lowest BCUT2D eigenvalue weighted by Gasteiger charge is -2.44. The highest BCUT2D eigenvalue weighted by molar-refractivity contribution is 5.83. The Morgan fingerprint density at radius 2 is 0.847 bits per heavy atom. The van der Waals surface area contributed by atoms with E-state index in [2.05, 4.69) is 36.7 Å². The Bertz CT molecular complexity index is 1390. The van der Waals surface area contributed by atoms with Crippen molar-refractivity contribution in [2.45, 2.75) is 300 Å². The molecule has 0 aromatic heterocycles. The Kier molecular flexibility index (Phi) is 42.1. The summed E-state index contributed by atoms with van der Waals surface area (Å²) in [6.07, 6.45) is 24.0. The number of carbonyl (C=O) groups is 5. The SMILES string of the molecule is CCCCCCCCCCC[C@@H](O)CC(=O)CN[C@H]1[C@H](O)[C@@H](CO)OC(OC(=O)CC[C@H](NCC(=O)C[C@H](O)CCCCCCCCCCC)C(=O)O)[C@@H]1NCC(=O)C[C@H](O)CCCCCCCCCCC. The van der Waals surface area contributed by atoms with E-state index in [0.29, 0.717) is 19.3 Å². The Morgan fingerprint density at radius 3 is 1.21 bits per heavy atom. The summed E-state index contributed by atoms with van der Waals surface area (Å²) in [5.41, 5.74) is 0. The van der Waals surface area contributed by atoms with Crippen molar-refractivity contribution in [3.05, 3.63) is 0 Å². The zero-order valence-corrected chi connectivity index (χ0v) is 45.3. The number of nitrogens with one attached hydrogen (secondary N) is 3. The van der Waals surface area contributed by atoms with Crippen LogP contribution >= 0.6 is 0 Å². The van der Waals surface area contributed by atoms with Gasteiger partial charge in [0.05, 0.1) is 62.7 Å². The van der Waals surface area contributed by atoms with E-state index in [1.165, 1.54) is 96.3 Å². The molecule has 0 aromatic rings. The first-order valence-corrected chi connectivity index (χ1v) is 28.9. The first kappa shape index (κ1) is 67.6. The number of aliphatic carboxylic acids is 1. The number of unbranched alkanes of at least 4 members (excludes halogenated alkanes) is 24.